The van der Waals surface area contributed by atoms with E-state index in [1.807, 2.05) is 12.4 Å². The first kappa shape index (κ1) is 13.7. The van der Waals surface area contributed by atoms with Crippen molar-refractivity contribution < 1.29 is 0 Å². The summed E-state index contributed by atoms with van der Waals surface area (Å²) in [6.45, 7) is 5.64. The van der Waals surface area contributed by atoms with Gasteiger partial charge in [-0.05, 0) is 13.3 Å². The molecule has 0 spiro atoms. The van der Waals surface area contributed by atoms with E-state index in [2.05, 4.69) is 42.5 Å². The summed E-state index contributed by atoms with van der Waals surface area (Å²) in [5.41, 5.74) is 4.38. The van der Waals surface area contributed by atoms with Crippen molar-refractivity contribution in [3.63, 3.8) is 0 Å². The van der Waals surface area contributed by atoms with Gasteiger partial charge in [-0.2, -0.15) is 9.97 Å². The summed E-state index contributed by atoms with van der Waals surface area (Å²) in [4.78, 5) is 21.6. The van der Waals surface area contributed by atoms with Gasteiger partial charge < -0.3 is 15.6 Å². The molecule has 0 saturated carbocycles. The molecule has 0 radical (unpaired) electrons. The van der Waals surface area contributed by atoms with Gasteiger partial charge in [0.2, 0.25) is 5.95 Å². The maximum Gasteiger partial charge on any atom is 0.226 e. The van der Waals surface area contributed by atoms with E-state index in [1.165, 1.54) is 4.88 Å². The molecule has 21 heavy (non-hydrogen) atoms. The SMILES string of the molecule is CCCNc1nc(NCc2scnc2C)c2[nH]cnc2n1. The molecule has 0 saturated heterocycles. The van der Waals surface area contributed by atoms with E-state index in [0.29, 0.717) is 18.1 Å². The topological polar surface area (TPSA) is 91.4 Å². The summed E-state index contributed by atoms with van der Waals surface area (Å²) in [6, 6.07) is 0. The van der Waals surface area contributed by atoms with E-state index in [-0.39, 0.29) is 0 Å². The number of anilines is 2. The quantitative estimate of drug-likeness (QED) is 0.648. The smallest absolute Gasteiger partial charge is 0.226 e. The average Bonchev–Trinajstić information content (AvgIpc) is 3.11. The number of nitrogens with one attached hydrogen (secondary N) is 3. The summed E-state index contributed by atoms with van der Waals surface area (Å²) in [5, 5.41) is 6.54. The van der Waals surface area contributed by atoms with Crippen LogP contribution < -0.4 is 10.6 Å². The Kier molecular flexibility index (Phi) is 3.96. The predicted octanol–water partition coefficient (Wildman–Crippen LogP) is 2.55. The first-order valence-electron chi connectivity index (χ1n) is 6.85. The minimum Gasteiger partial charge on any atom is -0.363 e. The highest BCUT2D eigenvalue weighted by atomic mass is 32.1. The van der Waals surface area contributed by atoms with Crippen molar-refractivity contribution in [3.05, 3.63) is 22.4 Å². The van der Waals surface area contributed by atoms with Gasteiger partial charge in [-0.15, -0.1) is 11.3 Å². The van der Waals surface area contributed by atoms with E-state index in [4.69, 9.17) is 0 Å². The highest BCUT2D eigenvalue weighted by Crippen LogP contribution is 2.20. The van der Waals surface area contributed by atoms with Crippen molar-refractivity contribution in [1.29, 1.82) is 0 Å². The van der Waals surface area contributed by atoms with Crippen molar-refractivity contribution in [3.8, 4) is 0 Å². The zero-order chi connectivity index (χ0) is 14.7. The molecule has 0 unspecified atom stereocenters. The number of fused-ring (bicyclic) bond motifs is 1. The molecular weight excluding hydrogens is 286 g/mol. The molecule has 3 N–H and O–H groups in total. The van der Waals surface area contributed by atoms with Crippen LogP contribution >= 0.6 is 11.3 Å². The summed E-state index contributed by atoms with van der Waals surface area (Å²) in [7, 11) is 0. The Morgan fingerprint density at radius 2 is 2.14 bits per heavy atom. The lowest BCUT2D eigenvalue weighted by atomic mass is 10.4. The van der Waals surface area contributed by atoms with Crippen LogP contribution in [-0.4, -0.2) is 31.5 Å². The molecule has 3 heterocycles. The number of thiazole rings is 1. The van der Waals surface area contributed by atoms with Gasteiger partial charge in [-0.1, -0.05) is 6.92 Å². The molecular formula is C13H17N7S. The lowest BCUT2D eigenvalue weighted by molar-refractivity contribution is 0.954. The van der Waals surface area contributed by atoms with E-state index < -0.39 is 0 Å². The third-order valence-electron chi connectivity index (χ3n) is 3.08. The summed E-state index contributed by atoms with van der Waals surface area (Å²) in [5.74, 6) is 1.35. The number of nitrogens with zero attached hydrogens (tertiary/aromatic N) is 4. The Hall–Kier alpha value is -2.22. The molecule has 0 aliphatic carbocycles. The average molecular weight is 303 g/mol. The molecule has 0 amide bonds. The van der Waals surface area contributed by atoms with Crippen molar-refractivity contribution in [1.82, 2.24) is 24.9 Å². The fourth-order valence-electron chi connectivity index (χ4n) is 1.94. The first-order chi connectivity index (χ1) is 10.3. The number of aromatic amines is 1. The van der Waals surface area contributed by atoms with Gasteiger partial charge in [-0.25, -0.2) is 9.97 Å². The Morgan fingerprint density at radius 1 is 1.24 bits per heavy atom. The largest absolute Gasteiger partial charge is 0.363 e. The molecule has 0 fully saturated rings. The van der Waals surface area contributed by atoms with Crippen LogP contribution in [0, 0.1) is 6.92 Å². The van der Waals surface area contributed by atoms with Crippen LogP contribution in [0.2, 0.25) is 0 Å². The monoisotopic (exact) mass is 303 g/mol. The van der Waals surface area contributed by atoms with E-state index >= 15 is 0 Å². The normalized spacial score (nSPS) is 11.0. The van der Waals surface area contributed by atoms with E-state index in [1.54, 1.807) is 17.7 Å². The molecule has 8 heteroatoms. The second-order valence-corrected chi connectivity index (χ2v) is 5.58. The number of rotatable bonds is 6. The standard InChI is InChI=1S/C13H17N7S/c1-3-4-14-13-19-11(10-12(20-13)17-6-16-10)15-5-9-8(2)18-7-21-9/h6-7H,3-5H2,1-2H3,(H3,14,15,16,17,19,20). The van der Waals surface area contributed by atoms with Crippen molar-refractivity contribution >= 4 is 34.3 Å². The van der Waals surface area contributed by atoms with Gasteiger partial charge in [0.1, 0.15) is 5.52 Å². The molecule has 7 nitrogen and oxygen atoms in total. The lowest BCUT2D eigenvalue weighted by Crippen LogP contribution is -2.08. The van der Waals surface area contributed by atoms with Gasteiger partial charge in [-0.3, -0.25) is 0 Å². The molecule has 110 valence electrons. The van der Waals surface area contributed by atoms with Crippen LogP contribution in [0.25, 0.3) is 11.2 Å². The third kappa shape index (κ3) is 2.94. The number of imidazole rings is 1. The zero-order valence-electron chi connectivity index (χ0n) is 12.0. The van der Waals surface area contributed by atoms with Crippen molar-refractivity contribution in [2.75, 3.05) is 17.2 Å². The minimum absolute atomic E-state index is 0.597. The van der Waals surface area contributed by atoms with E-state index in [0.717, 1.165) is 30.0 Å². The molecule has 0 aliphatic rings. The number of hydrogen-bond acceptors (Lipinski definition) is 7. The number of aryl methyl sites for hydroxylation is 1. The molecule has 0 atom stereocenters. The van der Waals surface area contributed by atoms with Gasteiger partial charge in [0.05, 0.1) is 24.1 Å². The van der Waals surface area contributed by atoms with E-state index in [9.17, 15) is 0 Å². The van der Waals surface area contributed by atoms with Gasteiger partial charge >= 0.3 is 0 Å². The fourth-order valence-corrected chi connectivity index (χ4v) is 2.65. The molecule has 0 aliphatic heterocycles. The van der Waals surface area contributed by atoms with Crippen molar-refractivity contribution in [2.45, 2.75) is 26.8 Å². The Bertz CT molecular complexity index is 733. The zero-order valence-corrected chi connectivity index (χ0v) is 12.8. The Balaban J connectivity index is 1.85. The maximum atomic E-state index is 4.52. The molecule has 3 rings (SSSR count). The molecule has 3 aromatic rings. The van der Waals surface area contributed by atoms with Crippen LogP contribution in [0.5, 0.6) is 0 Å². The van der Waals surface area contributed by atoms with Crippen molar-refractivity contribution in [2.24, 2.45) is 0 Å². The van der Waals surface area contributed by atoms with Crippen LogP contribution in [0.3, 0.4) is 0 Å². The van der Waals surface area contributed by atoms with Crippen LogP contribution in [0.15, 0.2) is 11.8 Å². The van der Waals surface area contributed by atoms with Gasteiger partial charge in [0.25, 0.3) is 0 Å². The number of aromatic nitrogens is 5. The van der Waals surface area contributed by atoms with Crippen LogP contribution in [-0.2, 0) is 6.54 Å². The number of hydrogen-bond donors (Lipinski definition) is 3. The highest BCUT2D eigenvalue weighted by molar-refractivity contribution is 7.09. The van der Waals surface area contributed by atoms with Crippen LogP contribution in [0.1, 0.15) is 23.9 Å². The second-order valence-electron chi connectivity index (χ2n) is 4.64. The fraction of sp³-hybridized carbons (Fsp3) is 0.385. The summed E-state index contributed by atoms with van der Waals surface area (Å²) >= 11 is 1.64. The molecule has 0 bridgehead atoms. The second kappa shape index (κ2) is 6.04. The Morgan fingerprint density at radius 3 is 2.90 bits per heavy atom. The highest BCUT2D eigenvalue weighted by Gasteiger charge is 2.10. The maximum absolute atomic E-state index is 4.52. The predicted molar refractivity (Wildman–Crippen MR) is 84.6 cm³/mol. The van der Waals surface area contributed by atoms with Gasteiger partial charge in [0.15, 0.2) is 11.5 Å². The lowest BCUT2D eigenvalue weighted by Gasteiger charge is -2.08. The third-order valence-corrected chi connectivity index (χ3v) is 4.02. The van der Waals surface area contributed by atoms with Crippen LogP contribution in [0.4, 0.5) is 11.8 Å². The molecule has 3 aromatic heterocycles. The Labute approximate surface area is 126 Å². The number of H-pyrrole nitrogens is 1. The van der Waals surface area contributed by atoms with Gasteiger partial charge in [0, 0.05) is 11.4 Å². The summed E-state index contributed by atoms with van der Waals surface area (Å²) < 4.78 is 0. The first-order valence-corrected chi connectivity index (χ1v) is 7.73. The molecule has 0 aromatic carbocycles. The minimum atomic E-state index is 0.597. The summed E-state index contributed by atoms with van der Waals surface area (Å²) in [6.07, 6.45) is 2.65.